The first-order valence-electron chi connectivity index (χ1n) is 5.67. The number of nitrogen functional groups attached to an aromatic ring is 1. The van der Waals surface area contributed by atoms with Crippen LogP contribution in [-0.2, 0) is 6.42 Å². The number of pyridine rings is 1. The first kappa shape index (κ1) is 13.8. The molecule has 0 atom stereocenters. The van der Waals surface area contributed by atoms with E-state index in [0.29, 0.717) is 15.6 Å². The number of nitrogens with zero attached hydrogens (tertiary/aromatic N) is 1. The average Bonchev–Trinajstić information content (AvgIpc) is 2.33. The van der Waals surface area contributed by atoms with Gasteiger partial charge in [-0.15, -0.1) is 0 Å². The number of Topliss-reactive ketones (excluding diaryl/α,β-unsaturated/α-hetero) is 1. The van der Waals surface area contributed by atoms with Gasteiger partial charge in [-0.25, -0.2) is 4.98 Å². The Morgan fingerprint density at radius 1 is 1.26 bits per heavy atom. The normalized spacial score (nSPS) is 10.5. The van der Waals surface area contributed by atoms with E-state index in [0.717, 1.165) is 11.1 Å². The molecular formula is C14H12Cl2N2O. The van der Waals surface area contributed by atoms with Crippen LogP contribution in [0.25, 0.3) is 0 Å². The van der Waals surface area contributed by atoms with Gasteiger partial charge >= 0.3 is 0 Å². The zero-order chi connectivity index (χ0) is 14.0. The summed E-state index contributed by atoms with van der Waals surface area (Å²) < 4.78 is 0. The fourth-order valence-electron chi connectivity index (χ4n) is 1.87. The maximum absolute atomic E-state index is 12.3. The molecule has 0 spiro atoms. The highest BCUT2D eigenvalue weighted by atomic mass is 35.5. The molecule has 2 aromatic rings. The van der Waals surface area contributed by atoms with E-state index in [1.807, 2.05) is 6.92 Å². The van der Waals surface area contributed by atoms with Crippen molar-refractivity contribution in [1.82, 2.24) is 4.98 Å². The third kappa shape index (κ3) is 3.06. The number of aromatic nitrogens is 1. The molecular weight excluding hydrogens is 283 g/mol. The largest absolute Gasteiger partial charge is 0.383 e. The SMILES string of the molecule is Cc1ccnc(N)c1C(=O)Cc1ccc(Cl)c(Cl)c1. The topological polar surface area (TPSA) is 56.0 Å². The molecule has 0 aliphatic carbocycles. The molecule has 1 heterocycles. The van der Waals surface area contributed by atoms with Gasteiger partial charge in [0.2, 0.25) is 0 Å². The van der Waals surface area contributed by atoms with E-state index in [2.05, 4.69) is 4.98 Å². The number of anilines is 1. The van der Waals surface area contributed by atoms with E-state index < -0.39 is 0 Å². The van der Waals surface area contributed by atoms with Gasteiger partial charge in [0.15, 0.2) is 5.78 Å². The Morgan fingerprint density at radius 2 is 2.00 bits per heavy atom. The average molecular weight is 295 g/mol. The number of ketones is 1. The number of benzene rings is 1. The molecule has 0 aliphatic rings. The van der Waals surface area contributed by atoms with Crippen molar-refractivity contribution in [2.24, 2.45) is 0 Å². The van der Waals surface area contributed by atoms with E-state index in [1.54, 1.807) is 30.5 Å². The second-order valence-electron chi connectivity index (χ2n) is 4.24. The van der Waals surface area contributed by atoms with Gasteiger partial charge in [0, 0.05) is 12.6 Å². The van der Waals surface area contributed by atoms with Gasteiger partial charge in [-0.2, -0.15) is 0 Å². The molecule has 0 bridgehead atoms. The summed E-state index contributed by atoms with van der Waals surface area (Å²) >= 11 is 11.8. The first-order valence-corrected chi connectivity index (χ1v) is 6.43. The van der Waals surface area contributed by atoms with Gasteiger partial charge in [0.25, 0.3) is 0 Å². The molecule has 0 aliphatic heterocycles. The van der Waals surface area contributed by atoms with Crippen LogP contribution in [0.3, 0.4) is 0 Å². The Bertz CT molecular complexity index is 621. The summed E-state index contributed by atoms with van der Waals surface area (Å²) in [5, 5.41) is 0.901. The molecule has 1 aromatic heterocycles. The highest BCUT2D eigenvalue weighted by Crippen LogP contribution is 2.24. The van der Waals surface area contributed by atoms with Crippen LogP contribution in [0.1, 0.15) is 21.5 Å². The van der Waals surface area contributed by atoms with E-state index >= 15 is 0 Å². The van der Waals surface area contributed by atoms with Gasteiger partial charge in [-0.1, -0.05) is 29.3 Å². The summed E-state index contributed by atoms with van der Waals surface area (Å²) in [5.41, 5.74) is 7.83. The number of hydrogen-bond acceptors (Lipinski definition) is 3. The van der Waals surface area contributed by atoms with Crippen molar-refractivity contribution in [3.05, 3.63) is 57.2 Å². The molecule has 1 aromatic carbocycles. The summed E-state index contributed by atoms with van der Waals surface area (Å²) in [4.78, 5) is 16.2. The maximum Gasteiger partial charge on any atom is 0.171 e. The third-order valence-electron chi connectivity index (χ3n) is 2.82. The Balaban J connectivity index is 2.28. The van der Waals surface area contributed by atoms with Crippen LogP contribution >= 0.6 is 23.2 Å². The molecule has 2 N–H and O–H groups in total. The minimum absolute atomic E-state index is 0.0820. The van der Waals surface area contributed by atoms with Crippen molar-refractivity contribution in [1.29, 1.82) is 0 Å². The molecule has 0 saturated carbocycles. The Labute approximate surface area is 121 Å². The van der Waals surface area contributed by atoms with Crippen LogP contribution in [0.15, 0.2) is 30.5 Å². The third-order valence-corrected chi connectivity index (χ3v) is 3.56. The summed E-state index contributed by atoms with van der Waals surface area (Å²) in [6, 6.07) is 6.89. The highest BCUT2D eigenvalue weighted by molar-refractivity contribution is 6.42. The zero-order valence-corrected chi connectivity index (χ0v) is 11.8. The number of halogens is 2. The quantitative estimate of drug-likeness (QED) is 0.878. The van der Waals surface area contributed by atoms with E-state index in [1.165, 1.54) is 0 Å². The van der Waals surface area contributed by atoms with E-state index in [9.17, 15) is 4.79 Å². The number of carbonyl (C=O) groups excluding carboxylic acids is 1. The van der Waals surface area contributed by atoms with Crippen molar-refractivity contribution in [3.63, 3.8) is 0 Å². The monoisotopic (exact) mass is 294 g/mol. The number of rotatable bonds is 3. The van der Waals surface area contributed by atoms with Crippen molar-refractivity contribution in [2.45, 2.75) is 13.3 Å². The lowest BCUT2D eigenvalue weighted by atomic mass is 10.0. The lowest BCUT2D eigenvalue weighted by Crippen LogP contribution is -2.10. The molecule has 98 valence electrons. The van der Waals surface area contributed by atoms with Crippen LogP contribution in [0.4, 0.5) is 5.82 Å². The van der Waals surface area contributed by atoms with Crippen molar-refractivity contribution < 1.29 is 4.79 Å². The molecule has 0 unspecified atom stereocenters. The summed E-state index contributed by atoms with van der Waals surface area (Å²) in [6.45, 7) is 1.83. The molecule has 0 radical (unpaired) electrons. The Kier molecular flexibility index (Phi) is 4.08. The van der Waals surface area contributed by atoms with Crippen LogP contribution in [0, 0.1) is 6.92 Å². The van der Waals surface area contributed by atoms with Crippen LogP contribution in [0.5, 0.6) is 0 Å². The number of hydrogen-bond donors (Lipinski definition) is 1. The predicted molar refractivity (Wildman–Crippen MR) is 77.9 cm³/mol. The lowest BCUT2D eigenvalue weighted by Gasteiger charge is -2.08. The van der Waals surface area contributed by atoms with Crippen molar-refractivity contribution >= 4 is 34.8 Å². The maximum atomic E-state index is 12.3. The van der Waals surface area contributed by atoms with Gasteiger partial charge in [-0.05, 0) is 36.2 Å². The molecule has 5 heteroatoms. The standard InChI is InChI=1S/C14H12Cl2N2O/c1-8-4-5-18-14(17)13(8)12(19)7-9-2-3-10(15)11(16)6-9/h2-6H,7H2,1H3,(H2,17,18). The number of nitrogens with two attached hydrogens (primary N) is 1. The van der Waals surface area contributed by atoms with Crippen molar-refractivity contribution in [3.8, 4) is 0 Å². The molecule has 0 fully saturated rings. The second-order valence-corrected chi connectivity index (χ2v) is 5.05. The molecule has 2 rings (SSSR count). The summed E-state index contributed by atoms with van der Waals surface area (Å²) in [7, 11) is 0. The van der Waals surface area contributed by atoms with Gasteiger partial charge in [0.05, 0.1) is 15.6 Å². The van der Waals surface area contributed by atoms with Gasteiger partial charge in [0.1, 0.15) is 5.82 Å². The second kappa shape index (κ2) is 5.59. The Hall–Kier alpha value is -1.58. The Morgan fingerprint density at radius 3 is 2.63 bits per heavy atom. The van der Waals surface area contributed by atoms with Gasteiger partial charge < -0.3 is 5.73 Å². The highest BCUT2D eigenvalue weighted by Gasteiger charge is 2.14. The van der Waals surface area contributed by atoms with Crippen LogP contribution < -0.4 is 5.73 Å². The number of aryl methyl sites for hydroxylation is 1. The smallest absolute Gasteiger partial charge is 0.171 e. The number of carbonyl (C=O) groups is 1. The molecule has 19 heavy (non-hydrogen) atoms. The fraction of sp³-hybridized carbons (Fsp3) is 0.143. The van der Waals surface area contributed by atoms with Gasteiger partial charge in [-0.3, -0.25) is 4.79 Å². The minimum Gasteiger partial charge on any atom is -0.383 e. The fourth-order valence-corrected chi connectivity index (χ4v) is 2.19. The molecule has 0 amide bonds. The minimum atomic E-state index is -0.0820. The summed E-state index contributed by atoms with van der Waals surface area (Å²) in [6.07, 6.45) is 1.80. The van der Waals surface area contributed by atoms with Crippen LogP contribution in [0.2, 0.25) is 10.0 Å². The van der Waals surface area contributed by atoms with Crippen LogP contribution in [-0.4, -0.2) is 10.8 Å². The van der Waals surface area contributed by atoms with Crippen molar-refractivity contribution in [2.75, 3.05) is 5.73 Å². The molecule has 0 saturated heterocycles. The lowest BCUT2D eigenvalue weighted by molar-refractivity contribution is 0.0993. The van der Waals surface area contributed by atoms with E-state index in [-0.39, 0.29) is 18.0 Å². The zero-order valence-electron chi connectivity index (χ0n) is 10.3. The predicted octanol–water partition coefficient (Wildman–Crippen LogP) is 3.70. The molecule has 3 nitrogen and oxygen atoms in total. The summed E-state index contributed by atoms with van der Waals surface area (Å²) in [5.74, 6) is 0.173. The van der Waals surface area contributed by atoms with E-state index in [4.69, 9.17) is 28.9 Å². The first-order chi connectivity index (χ1) is 8.99.